The number of amides is 1. The molecule has 1 fully saturated rings. The number of carbonyl (C=O) groups excluding carboxylic acids is 1. The number of benzene rings is 2. The average Bonchev–Trinajstić information content (AvgIpc) is 3.27. The van der Waals surface area contributed by atoms with E-state index in [1.165, 1.54) is 18.5 Å². The number of aromatic nitrogens is 3. The van der Waals surface area contributed by atoms with Crippen molar-refractivity contribution in [3.05, 3.63) is 71.9 Å². The molecule has 0 aliphatic carbocycles. The number of fused-ring (bicyclic) bond motifs is 1. The first-order valence-electron chi connectivity index (χ1n) is 11.3. The molecule has 2 aromatic carbocycles. The monoisotopic (exact) mass is 475 g/mol. The van der Waals surface area contributed by atoms with Crippen LogP contribution in [0.3, 0.4) is 0 Å². The second-order valence-corrected chi connectivity index (χ2v) is 8.68. The zero-order valence-corrected chi connectivity index (χ0v) is 19.2. The van der Waals surface area contributed by atoms with Gasteiger partial charge in [-0.3, -0.25) is 9.78 Å². The van der Waals surface area contributed by atoms with Crippen LogP contribution in [0.2, 0.25) is 5.02 Å². The third-order valence-corrected chi connectivity index (χ3v) is 6.24. The van der Waals surface area contributed by atoms with Gasteiger partial charge in [0, 0.05) is 53.8 Å². The molecule has 1 amide bonds. The second kappa shape index (κ2) is 9.73. The predicted molar refractivity (Wildman–Crippen MR) is 132 cm³/mol. The quantitative estimate of drug-likeness (QED) is 0.353. The number of hydrogen-bond acceptors (Lipinski definition) is 5. The lowest BCUT2D eigenvalue weighted by molar-refractivity contribution is -0.127. The Morgan fingerprint density at radius 1 is 1.06 bits per heavy atom. The molecule has 5 rings (SSSR count). The minimum Gasteiger partial charge on any atom is -0.369 e. The van der Waals surface area contributed by atoms with E-state index in [2.05, 4.69) is 20.3 Å². The summed E-state index contributed by atoms with van der Waals surface area (Å²) in [7, 11) is 0. The molecule has 1 aliphatic rings. The van der Waals surface area contributed by atoms with E-state index in [4.69, 9.17) is 11.6 Å². The Labute approximate surface area is 201 Å². The number of anilines is 1. The fourth-order valence-electron chi connectivity index (χ4n) is 4.31. The van der Waals surface area contributed by atoms with Crippen molar-refractivity contribution >= 4 is 34.2 Å². The molecule has 4 aromatic rings. The molecule has 34 heavy (non-hydrogen) atoms. The number of halogens is 2. The van der Waals surface area contributed by atoms with E-state index >= 15 is 0 Å². The summed E-state index contributed by atoms with van der Waals surface area (Å²) >= 11 is 6.13. The highest BCUT2D eigenvalue weighted by Gasteiger charge is 2.19. The minimum atomic E-state index is -0.382. The van der Waals surface area contributed by atoms with Gasteiger partial charge in [0.1, 0.15) is 18.0 Å². The highest BCUT2D eigenvalue weighted by molar-refractivity contribution is 6.30. The summed E-state index contributed by atoms with van der Waals surface area (Å²) in [6.45, 7) is 2.27. The van der Waals surface area contributed by atoms with Crippen molar-refractivity contribution in [1.29, 1.82) is 0 Å². The van der Waals surface area contributed by atoms with Crippen LogP contribution in [-0.4, -0.2) is 45.4 Å². The van der Waals surface area contributed by atoms with Gasteiger partial charge in [-0.15, -0.1) is 0 Å². The van der Waals surface area contributed by atoms with Gasteiger partial charge in [-0.1, -0.05) is 23.7 Å². The molecule has 0 bridgehead atoms. The van der Waals surface area contributed by atoms with Gasteiger partial charge in [0.05, 0.1) is 11.2 Å². The van der Waals surface area contributed by atoms with Crippen LogP contribution in [0.5, 0.6) is 0 Å². The van der Waals surface area contributed by atoms with Gasteiger partial charge < -0.3 is 10.2 Å². The molecule has 3 heterocycles. The molecule has 2 aromatic heterocycles. The first kappa shape index (κ1) is 22.2. The number of nitrogens with one attached hydrogen (secondary N) is 1. The Hall–Kier alpha value is -3.58. The summed E-state index contributed by atoms with van der Waals surface area (Å²) in [5.41, 5.74) is 3.32. The maximum absolute atomic E-state index is 14.6. The summed E-state index contributed by atoms with van der Waals surface area (Å²) in [6.07, 6.45) is 5.60. The lowest BCUT2D eigenvalue weighted by Crippen LogP contribution is -2.27. The molecule has 1 N–H and O–H groups in total. The van der Waals surface area contributed by atoms with E-state index in [9.17, 15) is 9.18 Å². The topological polar surface area (TPSA) is 71.0 Å². The van der Waals surface area contributed by atoms with Crippen LogP contribution in [0.25, 0.3) is 33.3 Å². The number of rotatable bonds is 7. The Balaban J connectivity index is 1.44. The Kier molecular flexibility index (Phi) is 6.36. The molecule has 0 saturated carbocycles. The van der Waals surface area contributed by atoms with Gasteiger partial charge in [-0.25, -0.2) is 14.4 Å². The molecular weight excluding hydrogens is 453 g/mol. The van der Waals surface area contributed by atoms with Crippen LogP contribution in [0, 0.1) is 5.82 Å². The van der Waals surface area contributed by atoms with E-state index in [1.807, 2.05) is 35.2 Å². The van der Waals surface area contributed by atoms with Gasteiger partial charge >= 0.3 is 0 Å². The summed E-state index contributed by atoms with van der Waals surface area (Å²) in [5, 5.41) is 4.69. The maximum Gasteiger partial charge on any atom is 0.222 e. The highest BCUT2D eigenvalue weighted by atomic mass is 35.5. The molecule has 1 saturated heterocycles. The zero-order valence-electron chi connectivity index (χ0n) is 18.5. The summed E-state index contributed by atoms with van der Waals surface area (Å²) in [5.74, 6) is 0.576. The molecule has 172 valence electrons. The van der Waals surface area contributed by atoms with Crippen molar-refractivity contribution in [3.63, 3.8) is 0 Å². The van der Waals surface area contributed by atoms with Crippen LogP contribution in [-0.2, 0) is 4.79 Å². The van der Waals surface area contributed by atoms with E-state index in [0.29, 0.717) is 29.2 Å². The normalized spacial score (nSPS) is 13.6. The van der Waals surface area contributed by atoms with Crippen molar-refractivity contribution in [2.24, 2.45) is 0 Å². The van der Waals surface area contributed by atoms with Crippen molar-refractivity contribution in [3.8, 4) is 22.4 Å². The van der Waals surface area contributed by atoms with Crippen molar-refractivity contribution in [1.82, 2.24) is 19.9 Å². The lowest BCUT2D eigenvalue weighted by atomic mass is 9.98. The first-order chi connectivity index (χ1) is 16.6. The van der Waals surface area contributed by atoms with Gasteiger partial charge in [0.25, 0.3) is 0 Å². The fraction of sp³-hybridized carbons (Fsp3) is 0.231. The van der Waals surface area contributed by atoms with Gasteiger partial charge in [-0.2, -0.15) is 0 Å². The Morgan fingerprint density at radius 3 is 2.82 bits per heavy atom. The largest absolute Gasteiger partial charge is 0.369 e. The molecular formula is C26H23ClFN5O. The van der Waals surface area contributed by atoms with Gasteiger partial charge in [-0.05, 0) is 54.8 Å². The minimum absolute atomic E-state index is 0.237. The molecule has 0 radical (unpaired) electrons. The van der Waals surface area contributed by atoms with Crippen molar-refractivity contribution in [2.75, 3.05) is 25.0 Å². The van der Waals surface area contributed by atoms with E-state index in [0.717, 1.165) is 53.8 Å². The Morgan fingerprint density at radius 2 is 1.97 bits per heavy atom. The maximum atomic E-state index is 14.6. The standard InChI is InChI=1S/C26H23ClFN5O/c27-18-7-8-22(28)20(15-18)25-19(4-1-10-29-25)17-6-9-23-21(14-17)26(32-16-31-23)30-11-3-13-33-12-2-5-24(33)34/h1,4,6-10,14-16H,2-3,5,11-13H2,(H,30,31,32). The van der Waals surface area contributed by atoms with Gasteiger partial charge in [0.15, 0.2) is 0 Å². The highest BCUT2D eigenvalue weighted by Crippen LogP contribution is 2.35. The molecule has 8 heteroatoms. The SMILES string of the molecule is O=C1CCCN1CCCNc1ncnc2ccc(-c3cccnc3-c3cc(Cl)ccc3F)cc12. The van der Waals surface area contributed by atoms with Crippen LogP contribution in [0.1, 0.15) is 19.3 Å². The smallest absolute Gasteiger partial charge is 0.222 e. The van der Waals surface area contributed by atoms with Crippen LogP contribution >= 0.6 is 11.6 Å². The van der Waals surface area contributed by atoms with Crippen LogP contribution in [0.15, 0.2) is 61.1 Å². The van der Waals surface area contributed by atoms with Crippen LogP contribution < -0.4 is 5.32 Å². The lowest BCUT2D eigenvalue weighted by Gasteiger charge is -2.16. The summed E-state index contributed by atoms with van der Waals surface area (Å²) < 4.78 is 14.6. The van der Waals surface area contributed by atoms with Crippen LogP contribution in [0.4, 0.5) is 10.2 Å². The number of likely N-dealkylation sites (tertiary alicyclic amines) is 1. The van der Waals surface area contributed by atoms with Gasteiger partial charge in [0.2, 0.25) is 5.91 Å². The Bertz CT molecular complexity index is 1360. The fourth-order valence-corrected chi connectivity index (χ4v) is 4.49. The van der Waals surface area contributed by atoms with E-state index < -0.39 is 0 Å². The van der Waals surface area contributed by atoms with Crippen molar-refractivity contribution in [2.45, 2.75) is 19.3 Å². The number of carbonyl (C=O) groups is 1. The third kappa shape index (κ3) is 4.56. The molecule has 0 spiro atoms. The summed E-state index contributed by atoms with van der Waals surface area (Å²) in [4.78, 5) is 27.0. The second-order valence-electron chi connectivity index (χ2n) is 8.24. The third-order valence-electron chi connectivity index (χ3n) is 6.01. The molecule has 6 nitrogen and oxygen atoms in total. The molecule has 0 atom stereocenters. The predicted octanol–water partition coefficient (Wildman–Crippen LogP) is 5.58. The zero-order chi connectivity index (χ0) is 23.5. The molecule has 1 aliphatic heterocycles. The number of nitrogens with zero attached hydrogens (tertiary/aromatic N) is 4. The van der Waals surface area contributed by atoms with E-state index in [1.54, 1.807) is 12.3 Å². The first-order valence-corrected chi connectivity index (χ1v) is 11.7. The number of pyridine rings is 1. The summed E-state index contributed by atoms with van der Waals surface area (Å²) in [6, 6.07) is 14.1. The van der Waals surface area contributed by atoms with Crippen molar-refractivity contribution < 1.29 is 9.18 Å². The molecule has 0 unspecified atom stereocenters. The van der Waals surface area contributed by atoms with E-state index in [-0.39, 0.29) is 11.7 Å². The number of hydrogen-bond donors (Lipinski definition) is 1. The average molecular weight is 476 g/mol.